The Labute approximate surface area is 254 Å². The van der Waals surface area contributed by atoms with Gasteiger partial charge in [0.2, 0.25) is 0 Å². The number of hydrogen-bond donors (Lipinski definition) is 0. The molecule has 6 aromatic carbocycles. The summed E-state index contributed by atoms with van der Waals surface area (Å²) in [6, 6.07) is 40.6. The molecule has 6 aromatic rings. The fourth-order valence-corrected chi connectivity index (χ4v) is 6.52. The van der Waals surface area contributed by atoms with Crippen molar-refractivity contribution < 1.29 is 0 Å². The first kappa shape index (κ1) is 24.7. The third-order valence-electron chi connectivity index (χ3n) is 8.66. The number of para-hydroxylation sites is 1. The van der Waals surface area contributed by atoms with Gasteiger partial charge in [0.25, 0.3) is 0 Å². The minimum Gasteiger partial charge on any atom is -0.239 e. The van der Waals surface area contributed by atoms with E-state index in [-0.39, 0.29) is 6.04 Å². The van der Waals surface area contributed by atoms with Crippen molar-refractivity contribution in [2.24, 2.45) is 20.7 Å². The quantitative estimate of drug-likeness (QED) is 0.213. The first-order valence-corrected chi connectivity index (χ1v) is 14.9. The standard InChI is InChI=1S/C38H26N6/c1-3-11-31(12-4-1)43-35-15-7-9-27-21-29(23-33(37(27)35)39-41-43)25-17-19-26(20-18-25)30-22-28-10-8-16-36-38(28)34(24-30)40-42-44(36)32-13-5-2-6-14-32/h1-13,15-24,32H,14H2. The summed E-state index contributed by atoms with van der Waals surface area (Å²) in [5.74, 6) is 0. The van der Waals surface area contributed by atoms with Gasteiger partial charge in [-0.05, 0) is 88.0 Å². The Hall–Kier alpha value is -5.88. The number of rotatable bonds is 4. The average Bonchev–Trinajstić information content (AvgIpc) is 3.09. The maximum Gasteiger partial charge on any atom is 0.0980 e. The summed E-state index contributed by atoms with van der Waals surface area (Å²) in [5, 5.41) is 27.0. The second-order valence-corrected chi connectivity index (χ2v) is 11.3. The minimum atomic E-state index is 0.176. The predicted molar refractivity (Wildman–Crippen MR) is 179 cm³/mol. The van der Waals surface area contributed by atoms with Gasteiger partial charge < -0.3 is 0 Å². The molecule has 1 unspecified atom stereocenters. The van der Waals surface area contributed by atoms with Crippen molar-refractivity contribution in [3.8, 4) is 22.3 Å². The van der Waals surface area contributed by atoms with Gasteiger partial charge in [-0.1, -0.05) is 101 Å². The van der Waals surface area contributed by atoms with E-state index >= 15 is 0 Å². The van der Waals surface area contributed by atoms with E-state index in [1.807, 2.05) is 40.3 Å². The van der Waals surface area contributed by atoms with Crippen LogP contribution in [0.4, 0.5) is 28.4 Å². The van der Waals surface area contributed by atoms with Gasteiger partial charge in [-0.25, -0.2) is 10.0 Å². The van der Waals surface area contributed by atoms with E-state index in [4.69, 9.17) is 0 Å². The number of anilines is 3. The molecule has 6 heteroatoms. The van der Waals surface area contributed by atoms with Crippen LogP contribution in [0.3, 0.4) is 0 Å². The smallest absolute Gasteiger partial charge is 0.0980 e. The van der Waals surface area contributed by atoms with Crippen LogP contribution >= 0.6 is 0 Å². The lowest BCUT2D eigenvalue weighted by atomic mass is 9.95. The molecule has 1 aliphatic carbocycles. The third-order valence-corrected chi connectivity index (χ3v) is 8.66. The lowest BCUT2D eigenvalue weighted by Crippen LogP contribution is -2.29. The van der Waals surface area contributed by atoms with Crippen LogP contribution in [-0.4, -0.2) is 6.04 Å². The summed E-state index contributed by atoms with van der Waals surface area (Å²) in [5.41, 5.74) is 9.43. The van der Waals surface area contributed by atoms with Gasteiger partial charge in [0.05, 0.1) is 34.5 Å². The Morgan fingerprint density at radius 3 is 1.84 bits per heavy atom. The predicted octanol–water partition coefficient (Wildman–Crippen LogP) is 11.2. The first-order chi connectivity index (χ1) is 21.8. The normalized spacial score (nSPS) is 16.3. The zero-order valence-electron chi connectivity index (χ0n) is 23.7. The van der Waals surface area contributed by atoms with E-state index in [0.29, 0.717) is 0 Å². The Bertz CT molecular complexity index is 2210. The zero-order valence-corrected chi connectivity index (χ0v) is 23.7. The molecule has 0 spiro atoms. The van der Waals surface area contributed by atoms with Crippen LogP contribution in [0.25, 0.3) is 43.8 Å². The lowest BCUT2D eigenvalue weighted by molar-refractivity contribution is 0.686. The molecule has 0 N–H and O–H groups in total. The summed E-state index contributed by atoms with van der Waals surface area (Å²) in [6.45, 7) is 0. The van der Waals surface area contributed by atoms with Crippen LogP contribution < -0.4 is 10.0 Å². The van der Waals surface area contributed by atoms with Crippen molar-refractivity contribution in [1.82, 2.24) is 0 Å². The Kier molecular flexibility index (Phi) is 5.53. The Balaban J connectivity index is 1.06. The molecule has 208 valence electrons. The highest BCUT2D eigenvalue weighted by Gasteiger charge is 2.24. The molecule has 0 fully saturated rings. The third kappa shape index (κ3) is 3.96. The molecule has 3 aliphatic rings. The summed E-state index contributed by atoms with van der Waals surface area (Å²) >= 11 is 0. The fraction of sp³-hybridized carbons (Fsp3) is 0.0526. The van der Waals surface area contributed by atoms with Crippen LogP contribution in [0.5, 0.6) is 0 Å². The highest BCUT2D eigenvalue weighted by molar-refractivity contribution is 6.07. The van der Waals surface area contributed by atoms with E-state index in [2.05, 4.69) is 130 Å². The van der Waals surface area contributed by atoms with Crippen molar-refractivity contribution in [2.45, 2.75) is 12.5 Å². The molecule has 0 saturated heterocycles. The Morgan fingerprint density at radius 2 is 1.18 bits per heavy atom. The molecule has 9 rings (SSSR count). The van der Waals surface area contributed by atoms with Gasteiger partial charge in [0.1, 0.15) is 0 Å². The summed E-state index contributed by atoms with van der Waals surface area (Å²) in [7, 11) is 0. The SMILES string of the molecule is C1=CCC(N2N=Nc3cc(-c4ccc(-c5cc6c7c(cccc7c5)N(c5ccccc5)N=N6)cc4)cc4cccc2c34)C=C1. The van der Waals surface area contributed by atoms with Gasteiger partial charge in [-0.15, -0.1) is 10.2 Å². The summed E-state index contributed by atoms with van der Waals surface area (Å²) in [6.07, 6.45) is 9.45. The maximum absolute atomic E-state index is 4.67. The van der Waals surface area contributed by atoms with Gasteiger partial charge in [0.15, 0.2) is 0 Å². The van der Waals surface area contributed by atoms with E-state index < -0.39 is 0 Å². The molecule has 0 aromatic heterocycles. The van der Waals surface area contributed by atoms with E-state index in [0.717, 1.165) is 78.7 Å². The summed E-state index contributed by atoms with van der Waals surface area (Å²) < 4.78 is 0. The van der Waals surface area contributed by atoms with Crippen LogP contribution in [0.15, 0.2) is 160 Å². The Morgan fingerprint density at radius 1 is 0.545 bits per heavy atom. The van der Waals surface area contributed by atoms with Gasteiger partial charge >= 0.3 is 0 Å². The van der Waals surface area contributed by atoms with Crippen molar-refractivity contribution in [2.75, 3.05) is 10.0 Å². The highest BCUT2D eigenvalue weighted by Crippen LogP contribution is 2.45. The van der Waals surface area contributed by atoms with Crippen LogP contribution in [0.1, 0.15) is 6.42 Å². The first-order valence-electron chi connectivity index (χ1n) is 14.9. The molecule has 1 atom stereocenters. The molecular formula is C38H26N6. The van der Waals surface area contributed by atoms with E-state index in [1.165, 1.54) is 0 Å². The monoisotopic (exact) mass is 566 g/mol. The minimum absolute atomic E-state index is 0.176. The van der Waals surface area contributed by atoms with Crippen LogP contribution in [0.2, 0.25) is 0 Å². The number of hydrogen-bond acceptors (Lipinski definition) is 6. The number of nitrogens with zero attached hydrogens (tertiary/aromatic N) is 6. The van der Waals surface area contributed by atoms with Crippen LogP contribution in [0, 0.1) is 0 Å². The molecule has 0 saturated carbocycles. The van der Waals surface area contributed by atoms with Crippen molar-refractivity contribution in [3.05, 3.63) is 140 Å². The molecule has 2 aliphatic heterocycles. The largest absolute Gasteiger partial charge is 0.239 e. The van der Waals surface area contributed by atoms with Gasteiger partial charge in [0, 0.05) is 10.8 Å². The van der Waals surface area contributed by atoms with Crippen molar-refractivity contribution in [3.63, 3.8) is 0 Å². The van der Waals surface area contributed by atoms with Crippen molar-refractivity contribution >= 4 is 50.0 Å². The van der Waals surface area contributed by atoms with Crippen LogP contribution in [-0.2, 0) is 0 Å². The van der Waals surface area contributed by atoms with E-state index in [1.54, 1.807) is 0 Å². The van der Waals surface area contributed by atoms with E-state index in [9.17, 15) is 0 Å². The molecule has 0 amide bonds. The van der Waals surface area contributed by atoms with Gasteiger partial charge in [-0.3, -0.25) is 0 Å². The molecule has 6 nitrogen and oxygen atoms in total. The topological polar surface area (TPSA) is 55.9 Å². The highest BCUT2D eigenvalue weighted by atomic mass is 15.6. The maximum atomic E-state index is 4.67. The fourth-order valence-electron chi connectivity index (χ4n) is 6.52. The molecule has 0 radical (unpaired) electrons. The molecule has 0 bridgehead atoms. The van der Waals surface area contributed by atoms with Gasteiger partial charge in [-0.2, -0.15) is 0 Å². The number of allylic oxidation sites excluding steroid dienone is 2. The molecule has 44 heavy (non-hydrogen) atoms. The summed E-state index contributed by atoms with van der Waals surface area (Å²) in [4.78, 5) is 0. The zero-order chi connectivity index (χ0) is 29.0. The second kappa shape index (κ2) is 9.85. The average molecular weight is 567 g/mol. The van der Waals surface area contributed by atoms with Crippen molar-refractivity contribution in [1.29, 1.82) is 0 Å². The molecular weight excluding hydrogens is 540 g/mol. The number of benzene rings is 6. The molecule has 2 heterocycles. The second-order valence-electron chi connectivity index (χ2n) is 11.3. The lowest BCUT2D eigenvalue weighted by Gasteiger charge is -2.30.